The van der Waals surface area contributed by atoms with Gasteiger partial charge in [-0.2, -0.15) is 0 Å². The number of halogens is 1. The number of amides is 3. The van der Waals surface area contributed by atoms with Gasteiger partial charge in [-0.25, -0.2) is 4.79 Å². The average Bonchev–Trinajstić information content (AvgIpc) is 3.28. The molecule has 2 aromatic carbocycles. The van der Waals surface area contributed by atoms with Crippen molar-refractivity contribution in [2.75, 3.05) is 6.54 Å². The van der Waals surface area contributed by atoms with E-state index in [0.29, 0.717) is 16.0 Å². The molecule has 0 radical (unpaired) electrons. The minimum Gasteiger partial charge on any atom is -0.315 e. The van der Waals surface area contributed by atoms with Crippen LogP contribution in [0.4, 0.5) is 4.79 Å². The predicted molar refractivity (Wildman–Crippen MR) is 120 cm³/mol. The molecule has 1 aliphatic rings. The van der Waals surface area contributed by atoms with E-state index in [1.165, 1.54) is 11.3 Å². The van der Waals surface area contributed by atoms with Crippen molar-refractivity contribution in [2.45, 2.75) is 19.4 Å². The third-order valence-electron chi connectivity index (χ3n) is 5.40. The fraction of sp³-hybridized carbons (Fsp3) is 0.174. The summed E-state index contributed by atoms with van der Waals surface area (Å²) in [4.78, 5) is 40.8. The van der Waals surface area contributed by atoms with E-state index in [-0.39, 0.29) is 12.3 Å². The SMILES string of the molecule is Cc1ccc([C@@]2(c3ccccc3)NC(=O)N(CC(=O)c3ccc(Br)s3)C2=O)cc1C. The first kappa shape index (κ1) is 20.5. The molecule has 1 aromatic heterocycles. The van der Waals surface area contributed by atoms with Gasteiger partial charge in [-0.3, -0.25) is 14.5 Å². The molecule has 3 aromatic rings. The zero-order valence-corrected chi connectivity index (χ0v) is 18.8. The summed E-state index contributed by atoms with van der Waals surface area (Å²) in [7, 11) is 0. The van der Waals surface area contributed by atoms with Crippen LogP contribution in [0.2, 0.25) is 0 Å². The minimum absolute atomic E-state index is 0.279. The van der Waals surface area contributed by atoms with Crippen LogP contribution in [-0.2, 0) is 10.3 Å². The van der Waals surface area contributed by atoms with Crippen LogP contribution < -0.4 is 5.32 Å². The van der Waals surface area contributed by atoms with Gasteiger partial charge < -0.3 is 5.32 Å². The highest BCUT2D eigenvalue weighted by Gasteiger charge is 2.54. The zero-order chi connectivity index (χ0) is 21.5. The summed E-state index contributed by atoms with van der Waals surface area (Å²) in [6.45, 7) is 3.65. The number of rotatable bonds is 5. The van der Waals surface area contributed by atoms with Gasteiger partial charge in [0.25, 0.3) is 5.91 Å². The van der Waals surface area contributed by atoms with Crippen molar-refractivity contribution < 1.29 is 14.4 Å². The van der Waals surface area contributed by atoms with E-state index < -0.39 is 17.5 Å². The highest BCUT2D eigenvalue weighted by molar-refractivity contribution is 9.11. The Balaban J connectivity index is 1.78. The van der Waals surface area contributed by atoms with E-state index >= 15 is 0 Å². The topological polar surface area (TPSA) is 66.5 Å². The number of nitrogens with zero attached hydrogens (tertiary/aromatic N) is 1. The number of aryl methyl sites for hydroxylation is 2. The molecule has 2 heterocycles. The van der Waals surface area contributed by atoms with Crippen LogP contribution >= 0.6 is 27.3 Å². The average molecular weight is 483 g/mol. The molecule has 1 fully saturated rings. The van der Waals surface area contributed by atoms with Crippen molar-refractivity contribution in [3.05, 3.63) is 91.6 Å². The number of ketones is 1. The number of Topliss-reactive ketones (excluding diaryl/α,β-unsaturated/α-hetero) is 1. The van der Waals surface area contributed by atoms with Crippen LogP contribution in [0.25, 0.3) is 0 Å². The Morgan fingerprint density at radius 1 is 1.00 bits per heavy atom. The number of imide groups is 1. The monoisotopic (exact) mass is 482 g/mol. The lowest BCUT2D eigenvalue weighted by Crippen LogP contribution is -2.45. The molecule has 0 saturated carbocycles. The number of benzene rings is 2. The third kappa shape index (κ3) is 3.38. The molecule has 7 heteroatoms. The van der Waals surface area contributed by atoms with Crippen LogP contribution in [0.15, 0.2) is 64.5 Å². The summed E-state index contributed by atoms with van der Waals surface area (Å²) < 4.78 is 0.816. The van der Waals surface area contributed by atoms with Crippen LogP contribution in [-0.4, -0.2) is 29.2 Å². The number of carbonyl (C=O) groups excluding carboxylic acids is 3. The number of carbonyl (C=O) groups is 3. The summed E-state index contributed by atoms with van der Waals surface area (Å²) >= 11 is 4.61. The van der Waals surface area contributed by atoms with Crippen molar-refractivity contribution in [2.24, 2.45) is 0 Å². The molecule has 152 valence electrons. The summed E-state index contributed by atoms with van der Waals surface area (Å²) in [6, 6.07) is 17.7. The molecule has 4 rings (SSSR count). The largest absolute Gasteiger partial charge is 0.325 e. The van der Waals surface area contributed by atoms with Gasteiger partial charge in [0.1, 0.15) is 0 Å². The van der Waals surface area contributed by atoms with Crippen molar-refractivity contribution >= 4 is 45.0 Å². The molecule has 1 N–H and O–H groups in total. The van der Waals surface area contributed by atoms with Gasteiger partial charge >= 0.3 is 6.03 Å². The zero-order valence-electron chi connectivity index (χ0n) is 16.4. The maximum atomic E-state index is 13.7. The lowest BCUT2D eigenvalue weighted by molar-refractivity contribution is -0.129. The Bertz CT molecular complexity index is 1160. The number of nitrogens with one attached hydrogen (secondary N) is 1. The maximum Gasteiger partial charge on any atom is 0.325 e. The molecule has 0 bridgehead atoms. The van der Waals surface area contributed by atoms with E-state index in [9.17, 15) is 14.4 Å². The molecular formula is C23H19BrN2O3S. The first-order valence-corrected chi connectivity index (χ1v) is 11.0. The molecule has 5 nitrogen and oxygen atoms in total. The molecule has 0 aliphatic carbocycles. The Morgan fingerprint density at radius 2 is 1.73 bits per heavy atom. The van der Waals surface area contributed by atoms with Gasteiger partial charge in [0.05, 0.1) is 15.2 Å². The van der Waals surface area contributed by atoms with Crippen LogP contribution in [0, 0.1) is 13.8 Å². The van der Waals surface area contributed by atoms with Crippen molar-refractivity contribution in [1.29, 1.82) is 0 Å². The predicted octanol–water partition coefficient (Wildman–Crippen LogP) is 4.81. The third-order valence-corrected chi connectivity index (χ3v) is 7.07. The Morgan fingerprint density at radius 3 is 2.37 bits per heavy atom. The fourth-order valence-electron chi connectivity index (χ4n) is 3.63. The Labute approximate surface area is 186 Å². The second-order valence-electron chi connectivity index (χ2n) is 7.26. The molecule has 1 aliphatic heterocycles. The van der Waals surface area contributed by atoms with E-state index in [4.69, 9.17) is 0 Å². The lowest BCUT2D eigenvalue weighted by Gasteiger charge is -2.28. The van der Waals surface area contributed by atoms with E-state index in [2.05, 4.69) is 21.2 Å². The Hall–Kier alpha value is -2.77. The maximum absolute atomic E-state index is 13.7. The number of urea groups is 1. The number of thiophene rings is 1. The molecule has 0 unspecified atom stereocenters. The number of hydrogen-bond acceptors (Lipinski definition) is 4. The van der Waals surface area contributed by atoms with Crippen LogP contribution in [0.3, 0.4) is 0 Å². The molecule has 30 heavy (non-hydrogen) atoms. The van der Waals surface area contributed by atoms with Gasteiger partial charge in [-0.15, -0.1) is 11.3 Å². The van der Waals surface area contributed by atoms with Crippen molar-refractivity contribution in [3.63, 3.8) is 0 Å². The van der Waals surface area contributed by atoms with Crippen LogP contribution in [0.1, 0.15) is 31.9 Å². The fourth-order valence-corrected chi connectivity index (χ4v) is 4.94. The van der Waals surface area contributed by atoms with E-state index in [0.717, 1.165) is 19.8 Å². The second-order valence-corrected chi connectivity index (χ2v) is 9.73. The van der Waals surface area contributed by atoms with Crippen LogP contribution in [0.5, 0.6) is 0 Å². The Kier molecular flexibility index (Phi) is 5.34. The van der Waals surface area contributed by atoms with Gasteiger partial charge in [0.2, 0.25) is 0 Å². The van der Waals surface area contributed by atoms with Gasteiger partial charge in [0, 0.05) is 0 Å². The summed E-state index contributed by atoms with van der Waals surface area (Å²) in [5.41, 5.74) is 2.06. The van der Waals surface area contributed by atoms with Crippen molar-refractivity contribution in [3.8, 4) is 0 Å². The first-order valence-electron chi connectivity index (χ1n) is 9.39. The molecule has 1 atom stereocenters. The van der Waals surface area contributed by atoms with Gasteiger partial charge in [-0.05, 0) is 64.2 Å². The van der Waals surface area contributed by atoms with Gasteiger partial charge in [-0.1, -0.05) is 48.5 Å². The van der Waals surface area contributed by atoms with E-state index in [1.807, 2.05) is 62.4 Å². The van der Waals surface area contributed by atoms with Gasteiger partial charge in [0.15, 0.2) is 11.3 Å². The standard InChI is InChI=1S/C23H19BrN2O3S/c1-14-8-9-17(12-15(14)2)23(16-6-4-3-5-7-16)21(28)26(22(29)25-23)13-18(27)19-10-11-20(24)30-19/h3-12H,13H2,1-2H3,(H,25,29)/t23-/m1/s1. The quantitative estimate of drug-likeness (QED) is 0.419. The normalized spacial score (nSPS) is 18.6. The van der Waals surface area contributed by atoms with E-state index in [1.54, 1.807) is 12.1 Å². The summed E-state index contributed by atoms with van der Waals surface area (Å²) in [5, 5.41) is 2.89. The summed E-state index contributed by atoms with van der Waals surface area (Å²) in [5.74, 6) is -0.732. The molecular weight excluding hydrogens is 464 g/mol. The lowest BCUT2D eigenvalue weighted by atomic mass is 9.81. The smallest absolute Gasteiger partial charge is 0.315 e. The second kappa shape index (κ2) is 7.81. The molecule has 0 spiro atoms. The molecule has 1 saturated heterocycles. The summed E-state index contributed by atoms with van der Waals surface area (Å²) in [6.07, 6.45) is 0. The highest BCUT2D eigenvalue weighted by Crippen LogP contribution is 2.37. The molecule has 3 amide bonds. The first-order chi connectivity index (χ1) is 14.3. The highest BCUT2D eigenvalue weighted by atomic mass is 79.9. The minimum atomic E-state index is -1.37. The van der Waals surface area contributed by atoms with Crippen molar-refractivity contribution in [1.82, 2.24) is 10.2 Å². The number of hydrogen-bond donors (Lipinski definition) is 1.